The van der Waals surface area contributed by atoms with Gasteiger partial charge in [0.1, 0.15) is 5.82 Å². The number of halogens is 2. The summed E-state index contributed by atoms with van der Waals surface area (Å²) in [7, 11) is 0. The van der Waals surface area contributed by atoms with Crippen LogP contribution in [0.1, 0.15) is 11.3 Å². The van der Waals surface area contributed by atoms with Crippen molar-refractivity contribution in [2.24, 2.45) is 0 Å². The molecule has 0 fully saturated rings. The van der Waals surface area contributed by atoms with Crippen LogP contribution < -0.4 is 10.6 Å². The van der Waals surface area contributed by atoms with Crippen molar-refractivity contribution in [1.82, 2.24) is 4.98 Å². The lowest BCUT2D eigenvalue weighted by molar-refractivity contribution is 1.18. The lowest BCUT2D eigenvalue weighted by Gasteiger charge is -2.11. The normalized spacial score (nSPS) is 10.2. The van der Waals surface area contributed by atoms with Crippen LogP contribution in [-0.4, -0.2) is 10.1 Å². The van der Waals surface area contributed by atoms with Gasteiger partial charge in [-0.3, -0.25) is 0 Å². The van der Waals surface area contributed by atoms with E-state index in [4.69, 9.17) is 35.4 Å². The molecule has 0 radical (unpaired) electrons. The molecule has 2 N–H and O–H groups in total. The van der Waals surface area contributed by atoms with Crippen LogP contribution in [-0.2, 0) is 0 Å². The van der Waals surface area contributed by atoms with Crippen LogP contribution in [0.3, 0.4) is 0 Å². The van der Waals surface area contributed by atoms with Crippen molar-refractivity contribution < 1.29 is 0 Å². The first-order chi connectivity index (χ1) is 9.44. The summed E-state index contributed by atoms with van der Waals surface area (Å²) >= 11 is 17.1. The van der Waals surface area contributed by atoms with Crippen LogP contribution >= 0.6 is 35.4 Å². The largest absolute Gasteiger partial charge is 0.332 e. The van der Waals surface area contributed by atoms with Gasteiger partial charge in [-0.2, -0.15) is 0 Å². The summed E-state index contributed by atoms with van der Waals surface area (Å²) in [6.45, 7) is 3.95. The molecule has 0 saturated carbocycles. The van der Waals surface area contributed by atoms with Crippen LogP contribution in [0.4, 0.5) is 11.5 Å². The van der Waals surface area contributed by atoms with Crippen LogP contribution in [0.2, 0.25) is 10.0 Å². The van der Waals surface area contributed by atoms with E-state index in [0.717, 1.165) is 16.9 Å². The zero-order valence-electron chi connectivity index (χ0n) is 11.0. The summed E-state index contributed by atoms with van der Waals surface area (Å²) in [5.41, 5.74) is 2.82. The van der Waals surface area contributed by atoms with Gasteiger partial charge in [-0.05, 0) is 62.0 Å². The van der Waals surface area contributed by atoms with Gasteiger partial charge in [0.25, 0.3) is 0 Å². The Balaban J connectivity index is 2.06. The van der Waals surface area contributed by atoms with E-state index < -0.39 is 0 Å². The molecule has 0 aliphatic rings. The summed E-state index contributed by atoms with van der Waals surface area (Å²) in [6, 6.07) is 9.16. The minimum atomic E-state index is 0.445. The van der Waals surface area contributed by atoms with Gasteiger partial charge in [-0.15, -0.1) is 0 Å². The van der Waals surface area contributed by atoms with Crippen molar-refractivity contribution in [1.29, 1.82) is 0 Å². The average molecular weight is 326 g/mol. The van der Waals surface area contributed by atoms with E-state index in [2.05, 4.69) is 15.6 Å². The third kappa shape index (κ3) is 4.07. The molecule has 0 bridgehead atoms. The number of aromatic nitrogens is 1. The second-order valence-corrected chi connectivity index (χ2v) is 5.60. The third-order valence-corrected chi connectivity index (χ3v) is 3.46. The Morgan fingerprint density at radius 3 is 2.45 bits per heavy atom. The summed E-state index contributed by atoms with van der Waals surface area (Å²) in [4.78, 5) is 4.36. The number of nitrogens with one attached hydrogen (secondary N) is 2. The number of benzene rings is 1. The molecule has 0 amide bonds. The zero-order chi connectivity index (χ0) is 14.7. The summed E-state index contributed by atoms with van der Waals surface area (Å²) in [5.74, 6) is 0.708. The van der Waals surface area contributed by atoms with Gasteiger partial charge in [-0.1, -0.05) is 23.2 Å². The first-order valence-corrected chi connectivity index (χ1v) is 7.09. The number of hydrogen-bond donors (Lipinski definition) is 2. The van der Waals surface area contributed by atoms with Gasteiger partial charge in [0.15, 0.2) is 5.11 Å². The fourth-order valence-corrected chi connectivity index (χ4v) is 2.28. The van der Waals surface area contributed by atoms with Crippen molar-refractivity contribution in [2.75, 3.05) is 10.6 Å². The number of rotatable bonds is 2. The lowest BCUT2D eigenvalue weighted by atomic mass is 10.2. The number of thiocarbonyl (C=S) groups is 1. The molecule has 2 aromatic rings. The standard InChI is InChI=1S/C14H13Cl2N3S/c1-8-5-9(2)17-13(6-8)19-14(20)18-10-3-4-11(15)12(16)7-10/h3-7H,1-2H3,(H2,17,18,19,20). The third-order valence-electron chi connectivity index (χ3n) is 2.52. The molecule has 1 aromatic carbocycles. The highest BCUT2D eigenvalue weighted by atomic mass is 35.5. The fraction of sp³-hybridized carbons (Fsp3) is 0.143. The summed E-state index contributed by atoms with van der Waals surface area (Å²) < 4.78 is 0. The van der Waals surface area contributed by atoms with Gasteiger partial charge in [0, 0.05) is 11.4 Å². The van der Waals surface area contributed by atoms with Crippen LogP contribution in [0, 0.1) is 13.8 Å². The van der Waals surface area contributed by atoms with Crippen LogP contribution in [0.5, 0.6) is 0 Å². The number of nitrogens with zero attached hydrogens (tertiary/aromatic N) is 1. The van der Waals surface area contributed by atoms with Gasteiger partial charge in [-0.25, -0.2) is 4.98 Å². The molecule has 1 heterocycles. The predicted octanol–water partition coefficient (Wildman–Crippen LogP) is 4.81. The first kappa shape index (κ1) is 15.0. The Hall–Kier alpha value is -1.36. The molecule has 0 unspecified atom stereocenters. The maximum Gasteiger partial charge on any atom is 0.176 e. The van der Waals surface area contributed by atoms with Crippen molar-refractivity contribution in [3.05, 3.63) is 51.6 Å². The summed E-state index contributed by atoms with van der Waals surface area (Å²) in [6.07, 6.45) is 0. The van der Waals surface area contributed by atoms with E-state index in [-0.39, 0.29) is 0 Å². The molecule has 2 rings (SSSR count). The van der Waals surface area contributed by atoms with E-state index in [1.165, 1.54) is 0 Å². The zero-order valence-corrected chi connectivity index (χ0v) is 13.3. The fourth-order valence-electron chi connectivity index (χ4n) is 1.76. The Bertz CT molecular complexity index is 639. The van der Waals surface area contributed by atoms with Crippen molar-refractivity contribution in [2.45, 2.75) is 13.8 Å². The monoisotopic (exact) mass is 325 g/mol. The summed E-state index contributed by atoms with van der Waals surface area (Å²) in [5, 5.41) is 7.50. The average Bonchev–Trinajstić information content (AvgIpc) is 2.32. The Morgan fingerprint density at radius 1 is 1.05 bits per heavy atom. The molecule has 0 atom stereocenters. The number of pyridine rings is 1. The van der Waals surface area contributed by atoms with Gasteiger partial charge < -0.3 is 10.6 Å². The van der Waals surface area contributed by atoms with Crippen molar-refractivity contribution in [3.63, 3.8) is 0 Å². The second kappa shape index (κ2) is 6.39. The second-order valence-electron chi connectivity index (χ2n) is 4.38. The topological polar surface area (TPSA) is 37.0 Å². The van der Waals surface area contributed by atoms with Crippen LogP contribution in [0.25, 0.3) is 0 Å². The molecular weight excluding hydrogens is 313 g/mol. The highest BCUT2D eigenvalue weighted by molar-refractivity contribution is 7.80. The molecule has 0 aliphatic heterocycles. The van der Waals surface area contributed by atoms with Crippen molar-refractivity contribution >= 4 is 52.0 Å². The van der Waals surface area contributed by atoms with E-state index in [1.54, 1.807) is 18.2 Å². The molecule has 104 valence electrons. The van der Waals surface area contributed by atoms with Gasteiger partial charge in [0.2, 0.25) is 0 Å². The molecule has 0 spiro atoms. The molecule has 0 saturated heterocycles. The van der Waals surface area contributed by atoms with Crippen molar-refractivity contribution in [3.8, 4) is 0 Å². The van der Waals surface area contributed by atoms with E-state index in [1.807, 2.05) is 26.0 Å². The lowest BCUT2D eigenvalue weighted by Crippen LogP contribution is -2.20. The maximum absolute atomic E-state index is 5.95. The van der Waals surface area contributed by atoms with Gasteiger partial charge >= 0.3 is 0 Å². The SMILES string of the molecule is Cc1cc(C)nc(NC(=S)Nc2ccc(Cl)c(Cl)c2)c1. The predicted molar refractivity (Wildman–Crippen MR) is 90.0 cm³/mol. The smallest absolute Gasteiger partial charge is 0.176 e. The number of aryl methyl sites for hydroxylation is 2. The molecular formula is C14H13Cl2N3S. The number of anilines is 2. The molecule has 0 aliphatic carbocycles. The number of hydrogen-bond acceptors (Lipinski definition) is 2. The minimum Gasteiger partial charge on any atom is -0.332 e. The van der Waals surface area contributed by atoms with E-state index in [9.17, 15) is 0 Å². The highest BCUT2D eigenvalue weighted by Gasteiger charge is 2.03. The quantitative estimate of drug-likeness (QED) is 0.776. The van der Waals surface area contributed by atoms with Gasteiger partial charge in [0.05, 0.1) is 10.0 Å². The Kier molecular flexibility index (Phi) is 4.81. The molecule has 20 heavy (non-hydrogen) atoms. The first-order valence-electron chi connectivity index (χ1n) is 5.92. The van der Waals surface area contributed by atoms with E-state index in [0.29, 0.717) is 21.0 Å². The molecule has 6 heteroatoms. The Labute approximate surface area is 133 Å². The Morgan fingerprint density at radius 2 is 1.80 bits per heavy atom. The maximum atomic E-state index is 5.95. The molecule has 3 nitrogen and oxygen atoms in total. The van der Waals surface area contributed by atoms with E-state index >= 15 is 0 Å². The highest BCUT2D eigenvalue weighted by Crippen LogP contribution is 2.25. The molecule has 1 aromatic heterocycles. The minimum absolute atomic E-state index is 0.445. The van der Waals surface area contributed by atoms with Crippen LogP contribution in [0.15, 0.2) is 30.3 Å².